The minimum Gasteiger partial charge on any atom is -0.394 e. The van der Waals surface area contributed by atoms with Gasteiger partial charge in [-0.2, -0.15) is 0 Å². The number of carbonyl (C=O) groups excluding carboxylic acids is 1. The number of ether oxygens (including phenoxy) is 4. The molecule has 0 aromatic carbocycles. The summed E-state index contributed by atoms with van der Waals surface area (Å²) in [5, 5.41) is 86.9. The largest absolute Gasteiger partial charge is 0.394 e. The first-order chi connectivity index (χ1) is 36.1. The number of amides is 1. The molecule has 422 valence electrons. The Kier molecular flexibility index (Phi) is 40.4. The molecule has 2 heterocycles. The average Bonchev–Trinajstić information content (AvgIpc) is 3.40. The van der Waals surface area contributed by atoms with Gasteiger partial charge in [0.2, 0.25) is 5.91 Å². The summed E-state index contributed by atoms with van der Waals surface area (Å²) < 4.78 is 22.7. The van der Waals surface area contributed by atoms with Gasteiger partial charge in [0.25, 0.3) is 0 Å². The Hall–Kier alpha value is -3.35. The average molecular weight is 1040 g/mol. The number of allylic oxidation sites excluding steroid dienone is 17. The first kappa shape index (κ1) is 66.8. The third kappa shape index (κ3) is 30.4. The molecular weight excluding hydrogens is 943 g/mol. The van der Waals surface area contributed by atoms with Crippen molar-refractivity contribution in [2.75, 3.05) is 19.8 Å². The zero-order chi connectivity index (χ0) is 53.9. The molecule has 0 aromatic rings. The summed E-state index contributed by atoms with van der Waals surface area (Å²) in [4.78, 5) is 13.2. The van der Waals surface area contributed by atoms with Crippen molar-refractivity contribution < 1.29 is 64.6 Å². The van der Waals surface area contributed by atoms with E-state index in [-0.39, 0.29) is 18.9 Å². The highest BCUT2D eigenvalue weighted by Gasteiger charge is 2.51. The topological polar surface area (TPSA) is 228 Å². The highest BCUT2D eigenvalue weighted by molar-refractivity contribution is 5.76. The molecule has 0 saturated carbocycles. The van der Waals surface area contributed by atoms with E-state index in [1.165, 1.54) is 44.9 Å². The molecule has 0 bridgehead atoms. The summed E-state index contributed by atoms with van der Waals surface area (Å²) in [6, 6.07) is -0.959. The van der Waals surface area contributed by atoms with E-state index in [9.17, 15) is 45.6 Å². The van der Waals surface area contributed by atoms with Crippen molar-refractivity contribution in [2.45, 2.75) is 242 Å². The molecule has 9 N–H and O–H groups in total. The van der Waals surface area contributed by atoms with Crippen LogP contribution in [0.3, 0.4) is 0 Å². The monoisotopic (exact) mass is 1040 g/mol. The number of carbonyl (C=O) groups is 1. The normalized spacial score (nSPS) is 26.1. The Bertz CT molecular complexity index is 1650. The van der Waals surface area contributed by atoms with Gasteiger partial charge < -0.3 is 65.1 Å². The highest BCUT2D eigenvalue weighted by Crippen LogP contribution is 2.30. The molecule has 0 radical (unpaired) electrons. The number of hydrogen-bond acceptors (Lipinski definition) is 13. The van der Waals surface area contributed by atoms with E-state index < -0.39 is 86.8 Å². The maximum absolute atomic E-state index is 13.2. The Morgan fingerprint density at radius 3 is 1.49 bits per heavy atom. The molecule has 1 amide bonds. The van der Waals surface area contributed by atoms with Crippen LogP contribution in [0.4, 0.5) is 0 Å². The van der Waals surface area contributed by atoms with Crippen LogP contribution in [0.15, 0.2) is 109 Å². The molecule has 2 aliphatic rings. The SMILES string of the molecule is CC/C=C\C/C=C\C/C=C\C/C=C\C/C=C\C/C=C\CCCCCCC(=O)NC(COC1OC(CO)C(OC2OC(CO)C(O)C(O)C2O)C(O)C1O)C(O)/C=C/CC/C=C/CC/C=C/CCCCCCCCC. The summed E-state index contributed by atoms with van der Waals surface area (Å²) in [5.74, 6) is -0.284. The molecule has 2 saturated heterocycles. The number of aliphatic hydroxyl groups excluding tert-OH is 8. The van der Waals surface area contributed by atoms with Gasteiger partial charge in [0.1, 0.15) is 48.8 Å². The van der Waals surface area contributed by atoms with Crippen molar-refractivity contribution in [3.8, 4) is 0 Å². The van der Waals surface area contributed by atoms with Gasteiger partial charge in [-0.05, 0) is 96.3 Å². The quantitative estimate of drug-likeness (QED) is 0.0206. The third-order valence-electron chi connectivity index (χ3n) is 12.9. The molecule has 14 heteroatoms. The van der Waals surface area contributed by atoms with Gasteiger partial charge in [-0.1, -0.05) is 175 Å². The molecule has 74 heavy (non-hydrogen) atoms. The molecule has 2 aliphatic heterocycles. The predicted molar refractivity (Wildman–Crippen MR) is 295 cm³/mol. The Morgan fingerprint density at radius 2 is 0.946 bits per heavy atom. The van der Waals surface area contributed by atoms with Crippen LogP contribution < -0.4 is 5.32 Å². The van der Waals surface area contributed by atoms with E-state index in [2.05, 4.69) is 116 Å². The van der Waals surface area contributed by atoms with Gasteiger partial charge in [-0.3, -0.25) is 4.79 Å². The van der Waals surface area contributed by atoms with E-state index >= 15 is 0 Å². The van der Waals surface area contributed by atoms with Gasteiger partial charge in [0.15, 0.2) is 12.6 Å². The minimum absolute atomic E-state index is 0.233. The van der Waals surface area contributed by atoms with Crippen LogP contribution in [0.2, 0.25) is 0 Å². The third-order valence-corrected chi connectivity index (χ3v) is 12.9. The lowest BCUT2D eigenvalue weighted by molar-refractivity contribution is -0.359. The summed E-state index contributed by atoms with van der Waals surface area (Å²) >= 11 is 0. The smallest absolute Gasteiger partial charge is 0.220 e. The van der Waals surface area contributed by atoms with Gasteiger partial charge >= 0.3 is 0 Å². The maximum Gasteiger partial charge on any atom is 0.220 e. The number of unbranched alkanes of at least 4 members (excludes halogenated alkanes) is 13. The van der Waals surface area contributed by atoms with Crippen LogP contribution in [-0.4, -0.2) is 140 Å². The number of nitrogens with one attached hydrogen (secondary N) is 1. The lowest BCUT2D eigenvalue weighted by atomic mass is 9.97. The van der Waals surface area contributed by atoms with Crippen LogP contribution in [0, 0.1) is 0 Å². The van der Waals surface area contributed by atoms with E-state index in [0.717, 1.165) is 89.9 Å². The van der Waals surface area contributed by atoms with Crippen LogP contribution in [0.1, 0.15) is 168 Å². The summed E-state index contributed by atoms with van der Waals surface area (Å²) in [6.45, 7) is 2.60. The zero-order valence-corrected chi connectivity index (χ0v) is 45.0. The van der Waals surface area contributed by atoms with Crippen molar-refractivity contribution in [1.82, 2.24) is 5.32 Å². The van der Waals surface area contributed by atoms with Crippen LogP contribution in [0.5, 0.6) is 0 Å². The fraction of sp³-hybridized carbons (Fsp3) is 0.683. The van der Waals surface area contributed by atoms with Crippen molar-refractivity contribution in [3.63, 3.8) is 0 Å². The van der Waals surface area contributed by atoms with Gasteiger partial charge in [-0.25, -0.2) is 0 Å². The number of aliphatic hydroxyl groups is 8. The zero-order valence-electron chi connectivity index (χ0n) is 45.0. The summed E-state index contributed by atoms with van der Waals surface area (Å²) in [6.07, 6.45) is 45.5. The molecule has 0 aliphatic carbocycles. The van der Waals surface area contributed by atoms with E-state index in [0.29, 0.717) is 12.8 Å². The van der Waals surface area contributed by atoms with Gasteiger partial charge in [0.05, 0.1) is 32.0 Å². The summed E-state index contributed by atoms with van der Waals surface area (Å²) in [7, 11) is 0. The van der Waals surface area contributed by atoms with E-state index in [1.54, 1.807) is 6.08 Å². The first-order valence-corrected chi connectivity index (χ1v) is 28.1. The maximum atomic E-state index is 13.2. The van der Waals surface area contributed by atoms with Gasteiger partial charge in [0, 0.05) is 6.42 Å². The number of hydrogen-bond donors (Lipinski definition) is 9. The molecule has 0 spiro atoms. The second-order valence-electron chi connectivity index (χ2n) is 19.3. The Morgan fingerprint density at radius 1 is 0.500 bits per heavy atom. The van der Waals surface area contributed by atoms with Crippen molar-refractivity contribution >= 4 is 5.91 Å². The lowest BCUT2D eigenvalue weighted by Crippen LogP contribution is -2.65. The van der Waals surface area contributed by atoms with E-state index in [4.69, 9.17) is 18.9 Å². The molecular formula is C60H99NO13. The highest BCUT2D eigenvalue weighted by atomic mass is 16.7. The van der Waals surface area contributed by atoms with Crippen LogP contribution in [-0.2, 0) is 23.7 Å². The Labute approximate surface area is 445 Å². The van der Waals surface area contributed by atoms with E-state index in [1.807, 2.05) is 6.08 Å². The molecule has 12 unspecified atom stereocenters. The lowest BCUT2D eigenvalue weighted by Gasteiger charge is -2.46. The van der Waals surface area contributed by atoms with Crippen molar-refractivity contribution in [3.05, 3.63) is 109 Å². The van der Waals surface area contributed by atoms with Gasteiger partial charge in [-0.15, -0.1) is 0 Å². The van der Waals surface area contributed by atoms with Crippen molar-refractivity contribution in [2.24, 2.45) is 0 Å². The fourth-order valence-corrected chi connectivity index (χ4v) is 8.38. The predicted octanol–water partition coefficient (Wildman–Crippen LogP) is 8.88. The second-order valence-corrected chi connectivity index (χ2v) is 19.3. The summed E-state index contributed by atoms with van der Waals surface area (Å²) in [5.41, 5.74) is 0. The minimum atomic E-state index is -1.80. The molecule has 12 atom stereocenters. The second kappa shape index (κ2) is 44.7. The fourth-order valence-electron chi connectivity index (χ4n) is 8.38. The number of rotatable bonds is 42. The molecule has 2 fully saturated rings. The van der Waals surface area contributed by atoms with Crippen LogP contribution in [0.25, 0.3) is 0 Å². The van der Waals surface area contributed by atoms with Crippen molar-refractivity contribution in [1.29, 1.82) is 0 Å². The Balaban J connectivity index is 1.84. The standard InChI is InChI=1S/C60H99NO13/c1-3-5-7-9-11-13-15-17-19-21-22-23-24-25-26-28-30-32-34-36-38-40-42-44-52(65)61-48(49(64)43-41-39-37-35-33-31-29-27-20-18-16-14-12-10-8-6-4-2)47-71-59-57(70)55(68)58(51(46-63)73-59)74-60-56(69)54(67)53(66)50(45-62)72-60/h5,7,11,13,17,19-20,22-23,25-27,30,32-33,35,41,43,48-51,53-60,62-64,66-70H,3-4,6,8-10,12,14-16,18,21,24,28-29,31,34,36-40,42,44-47H2,1-2H3,(H,61,65)/b7-5-,13-11-,19-17-,23-22-,26-25-,27-20+,32-30-,35-33+,43-41+. The molecule has 2 rings (SSSR count). The molecule has 0 aromatic heterocycles. The first-order valence-electron chi connectivity index (χ1n) is 28.1. The molecule has 14 nitrogen and oxygen atoms in total. The van der Waals surface area contributed by atoms with Crippen LogP contribution >= 0.6 is 0 Å².